The molecule has 0 aromatic heterocycles. The predicted octanol–water partition coefficient (Wildman–Crippen LogP) is 1.40. The van der Waals surface area contributed by atoms with Gasteiger partial charge < -0.3 is 19.7 Å². The number of likely N-dealkylation sites (N-methyl/N-ethyl adjacent to an activating group) is 1. The Morgan fingerprint density at radius 3 is 2.83 bits per heavy atom. The third-order valence-corrected chi connectivity index (χ3v) is 4.02. The first-order valence-electron chi connectivity index (χ1n) is 7.81. The summed E-state index contributed by atoms with van der Waals surface area (Å²) in [6, 6.07) is 13.4. The van der Waals surface area contributed by atoms with Crippen molar-refractivity contribution in [2.24, 2.45) is 0 Å². The van der Waals surface area contributed by atoms with E-state index in [1.165, 1.54) is 0 Å². The van der Waals surface area contributed by atoms with Crippen LogP contribution < -0.4 is 19.7 Å². The summed E-state index contributed by atoms with van der Waals surface area (Å²) in [7, 11) is 1.99. The van der Waals surface area contributed by atoms with E-state index in [2.05, 4.69) is 5.32 Å². The molecule has 1 unspecified atom stereocenters. The number of rotatable bonds is 6. The van der Waals surface area contributed by atoms with E-state index < -0.39 is 0 Å². The standard InChI is InChI=1S/C18H19ClN2O3/c1-21(10-14-5-6-16-17(8-14)24-12-23-16)11-18(22)20-9-13-3-2-4-15(19)7-13/h2-8H,9-12H2,1H3,(H,20,22)/p+1. The molecule has 1 heterocycles. The van der Waals surface area contributed by atoms with Crippen LogP contribution in [-0.2, 0) is 17.9 Å². The van der Waals surface area contributed by atoms with Crippen molar-refractivity contribution >= 4 is 17.5 Å². The zero-order chi connectivity index (χ0) is 16.9. The molecule has 126 valence electrons. The Morgan fingerprint density at radius 2 is 2.00 bits per heavy atom. The molecular formula is C18H20ClN2O3+. The average Bonchev–Trinajstić information content (AvgIpc) is 3.00. The van der Waals surface area contributed by atoms with Crippen molar-refractivity contribution in [2.45, 2.75) is 13.1 Å². The van der Waals surface area contributed by atoms with Crippen LogP contribution in [0, 0.1) is 0 Å². The molecule has 1 aliphatic rings. The first-order chi connectivity index (χ1) is 11.6. The van der Waals surface area contributed by atoms with E-state index in [1.54, 1.807) is 0 Å². The summed E-state index contributed by atoms with van der Waals surface area (Å²) in [6.07, 6.45) is 0. The highest BCUT2D eigenvalue weighted by atomic mass is 35.5. The summed E-state index contributed by atoms with van der Waals surface area (Å²) in [4.78, 5) is 13.2. The highest BCUT2D eigenvalue weighted by Crippen LogP contribution is 2.32. The Hall–Kier alpha value is -2.24. The Bertz CT molecular complexity index is 736. The molecule has 0 fully saturated rings. The molecule has 0 aliphatic carbocycles. The Kier molecular flexibility index (Phi) is 5.23. The lowest BCUT2D eigenvalue weighted by molar-refractivity contribution is -0.885. The minimum absolute atomic E-state index is 0.00761. The zero-order valence-electron chi connectivity index (χ0n) is 13.5. The normalized spacial score (nSPS) is 13.6. The van der Waals surface area contributed by atoms with Crippen molar-refractivity contribution in [2.75, 3.05) is 20.4 Å². The highest BCUT2D eigenvalue weighted by molar-refractivity contribution is 6.30. The summed E-state index contributed by atoms with van der Waals surface area (Å²) >= 11 is 5.94. The Morgan fingerprint density at radius 1 is 1.17 bits per heavy atom. The number of halogens is 1. The van der Waals surface area contributed by atoms with E-state index in [1.807, 2.05) is 49.5 Å². The molecule has 1 amide bonds. The molecule has 2 aromatic rings. The molecule has 0 spiro atoms. The molecule has 2 N–H and O–H groups in total. The lowest BCUT2D eigenvalue weighted by Crippen LogP contribution is -3.08. The second-order valence-corrected chi connectivity index (χ2v) is 6.34. The van der Waals surface area contributed by atoms with Gasteiger partial charge in [-0.3, -0.25) is 4.79 Å². The van der Waals surface area contributed by atoms with Crippen LogP contribution in [0.3, 0.4) is 0 Å². The van der Waals surface area contributed by atoms with E-state index in [-0.39, 0.29) is 12.7 Å². The number of nitrogens with one attached hydrogen (secondary N) is 2. The van der Waals surface area contributed by atoms with Gasteiger partial charge in [0.05, 0.1) is 7.05 Å². The van der Waals surface area contributed by atoms with Crippen LogP contribution in [0.15, 0.2) is 42.5 Å². The molecule has 5 nitrogen and oxygen atoms in total. The van der Waals surface area contributed by atoms with Crippen LogP contribution in [0.1, 0.15) is 11.1 Å². The molecule has 2 aromatic carbocycles. The van der Waals surface area contributed by atoms with Gasteiger partial charge in [0.15, 0.2) is 18.0 Å². The van der Waals surface area contributed by atoms with Crippen LogP contribution in [0.25, 0.3) is 0 Å². The highest BCUT2D eigenvalue weighted by Gasteiger charge is 2.16. The van der Waals surface area contributed by atoms with Gasteiger partial charge in [-0.25, -0.2) is 0 Å². The van der Waals surface area contributed by atoms with Gasteiger partial charge in [0.1, 0.15) is 6.54 Å². The Balaban J connectivity index is 1.47. The number of carbonyl (C=O) groups excluding carboxylic acids is 1. The number of quaternary nitrogens is 1. The Labute approximate surface area is 146 Å². The summed E-state index contributed by atoms with van der Waals surface area (Å²) in [6.45, 7) is 1.89. The molecule has 0 saturated carbocycles. The maximum atomic E-state index is 12.1. The van der Waals surface area contributed by atoms with Crippen molar-refractivity contribution in [3.63, 3.8) is 0 Å². The van der Waals surface area contributed by atoms with Crippen LogP contribution >= 0.6 is 11.6 Å². The summed E-state index contributed by atoms with van der Waals surface area (Å²) in [5.41, 5.74) is 2.10. The first-order valence-corrected chi connectivity index (χ1v) is 8.19. The second kappa shape index (κ2) is 7.55. The minimum Gasteiger partial charge on any atom is -0.454 e. The van der Waals surface area contributed by atoms with Crippen molar-refractivity contribution < 1.29 is 19.2 Å². The van der Waals surface area contributed by atoms with Gasteiger partial charge in [-0.1, -0.05) is 23.7 Å². The van der Waals surface area contributed by atoms with E-state index in [9.17, 15) is 4.79 Å². The van der Waals surface area contributed by atoms with Crippen molar-refractivity contribution in [1.82, 2.24) is 5.32 Å². The molecule has 1 aliphatic heterocycles. The maximum Gasteiger partial charge on any atom is 0.275 e. The summed E-state index contributed by atoms with van der Waals surface area (Å²) in [5, 5.41) is 3.59. The van der Waals surface area contributed by atoms with Gasteiger partial charge in [0, 0.05) is 17.1 Å². The predicted molar refractivity (Wildman–Crippen MR) is 91.3 cm³/mol. The minimum atomic E-state index is 0.00761. The topological polar surface area (TPSA) is 52.0 Å². The number of fused-ring (bicyclic) bond motifs is 1. The monoisotopic (exact) mass is 347 g/mol. The van der Waals surface area contributed by atoms with Crippen molar-refractivity contribution in [3.8, 4) is 11.5 Å². The van der Waals surface area contributed by atoms with Gasteiger partial charge in [0.25, 0.3) is 5.91 Å². The first kappa shape index (κ1) is 16.6. The smallest absolute Gasteiger partial charge is 0.275 e. The molecular weight excluding hydrogens is 328 g/mol. The second-order valence-electron chi connectivity index (χ2n) is 5.90. The number of ether oxygens (including phenoxy) is 2. The van der Waals surface area contributed by atoms with Crippen LogP contribution in [-0.4, -0.2) is 26.3 Å². The molecule has 6 heteroatoms. The quantitative estimate of drug-likeness (QED) is 0.830. The SMILES string of the molecule is C[NH+](CC(=O)NCc1cccc(Cl)c1)Cc1ccc2c(c1)OCO2. The van der Waals surface area contributed by atoms with Gasteiger partial charge in [-0.05, 0) is 35.9 Å². The maximum absolute atomic E-state index is 12.1. The van der Waals surface area contributed by atoms with Gasteiger partial charge >= 0.3 is 0 Å². The fourth-order valence-corrected chi connectivity index (χ4v) is 2.86. The molecule has 0 radical (unpaired) electrons. The summed E-state index contributed by atoms with van der Waals surface area (Å²) in [5.74, 6) is 1.55. The number of carbonyl (C=O) groups is 1. The average molecular weight is 348 g/mol. The molecule has 3 rings (SSSR count). The van der Waals surface area contributed by atoms with E-state index in [0.717, 1.165) is 34.1 Å². The van der Waals surface area contributed by atoms with Gasteiger partial charge in [-0.15, -0.1) is 0 Å². The van der Waals surface area contributed by atoms with Crippen molar-refractivity contribution in [1.29, 1.82) is 0 Å². The van der Waals surface area contributed by atoms with E-state index >= 15 is 0 Å². The van der Waals surface area contributed by atoms with Gasteiger partial charge in [-0.2, -0.15) is 0 Å². The fraction of sp³-hybridized carbons (Fsp3) is 0.278. The van der Waals surface area contributed by atoms with Crippen LogP contribution in [0.4, 0.5) is 0 Å². The number of hydrogen-bond donors (Lipinski definition) is 2. The largest absolute Gasteiger partial charge is 0.454 e. The molecule has 1 atom stereocenters. The molecule has 0 bridgehead atoms. The lowest BCUT2D eigenvalue weighted by atomic mass is 10.2. The summed E-state index contributed by atoms with van der Waals surface area (Å²) < 4.78 is 10.7. The van der Waals surface area contributed by atoms with E-state index in [0.29, 0.717) is 18.1 Å². The van der Waals surface area contributed by atoms with Crippen LogP contribution in [0.2, 0.25) is 5.02 Å². The molecule has 0 saturated heterocycles. The van der Waals surface area contributed by atoms with Crippen molar-refractivity contribution in [3.05, 3.63) is 58.6 Å². The van der Waals surface area contributed by atoms with E-state index in [4.69, 9.17) is 21.1 Å². The third kappa shape index (κ3) is 4.40. The fourth-order valence-electron chi connectivity index (χ4n) is 2.65. The van der Waals surface area contributed by atoms with Gasteiger partial charge in [0.2, 0.25) is 6.79 Å². The number of amides is 1. The zero-order valence-corrected chi connectivity index (χ0v) is 14.2. The lowest BCUT2D eigenvalue weighted by Gasteiger charge is -2.14. The third-order valence-electron chi connectivity index (χ3n) is 3.78. The van der Waals surface area contributed by atoms with Crippen LogP contribution in [0.5, 0.6) is 11.5 Å². The molecule has 24 heavy (non-hydrogen) atoms. The number of benzene rings is 2. The number of hydrogen-bond acceptors (Lipinski definition) is 3.